The maximum absolute atomic E-state index is 13.5. The van der Waals surface area contributed by atoms with Crippen LogP contribution >= 0.6 is 23.2 Å². The van der Waals surface area contributed by atoms with Crippen molar-refractivity contribution in [2.24, 2.45) is 0 Å². The van der Waals surface area contributed by atoms with Crippen molar-refractivity contribution in [3.63, 3.8) is 0 Å². The Morgan fingerprint density at radius 3 is 2.24 bits per heavy atom. The summed E-state index contributed by atoms with van der Waals surface area (Å²) in [6.45, 7) is 7.98. The summed E-state index contributed by atoms with van der Waals surface area (Å²) < 4.78 is 26.2. The van der Waals surface area contributed by atoms with Gasteiger partial charge in [0.15, 0.2) is 0 Å². The van der Waals surface area contributed by atoms with Crippen LogP contribution in [0.25, 0.3) is 0 Å². The summed E-state index contributed by atoms with van der Waals surface area (Å²) in [6.07, 6.45) is 2.45. The van der Waals surface area contributed by atoms with Gasteiger partial charge in [-0.15, -0.1) is 0 Å². The molecule has 7 nitrogen and oxygen atoms in total. The van der Waals surface area contributed by atoms with Crippen LogP contribution in [0.5, 0.6) is 0 Å². The molecule has 0 unspecified atom stereocenters. The van der Waals surface area contributed by atoms with E-state index >= 15 is 0 Å². The highest BCUT2D eigenvalue weighted by Gasteiger charge is 2.30. The highest BCUT2D eigenvalue weighted by molar-refractivity contribution is 7.92. The number of halogens is 2. The zero-order chi connectivity index (χ0) is 27.8. The Kier molecular flexibility index (Phi) is 11.3. The molecule has 0 aliphatic rings. The van der Waals surface area contributed by atoms with Crippen LogP contribution < -0.4 is 9.62 Å². The molecule has 0 aliphatic carbocycles. The number of carbonyl (C=O) groups excluding carboxylic acids is 2. The standard InChI is InChI=1S/C27H37Cl2N3O4S/c1-6-23(26(34)30-27(2,3)4)31(18-16-20-11-8-7-9-12-20)25(33)13-10-17-32(37(5,35)36)24-19-21(28)14-15-22(24)29/h7-9,11-12,14-15,19,23H,6,10,13,16-18H2,1-5H3,(H,30,34)/t23-/m0/s1. The highest BCUT2D eigenvalue weighted by Crippen LogP contribution is 2.31. The fourth-order valence-corrected chi connectivity index (χ4v) is 5.41. The molecule has 0 aliphatic heterocycles. The molecule has 0 bridgehead atoms. The normalized spacial score (nSPS) is 12.6. The van der Waals surface area contributed by atoms with Crippen molar-refractivity contribution in [2.45, 2.75) is 65.0 Å². The van der Waals surface area contributed by atoms with Crippen molar-refractivity contribution in [2.75, 3.05) is 23.7 Å². The smallest absolute Gasteiger partial charge is 0.243 e. The molecule has 0 heterocycles. The van der Waals surface area contributed by atoms with Crippen molar-refractivity contribution in [3.05, 3.63) is 64.1 Å². The minimum absolute atomic E-state index is 0.0438. The van der Waals surface area contributed by atoms with Crippen molar-refractivity contribution >= 4 is 50.7 Å². The molecular formula is C27H37Cl2N3O4S. The molecule has 10 heteroatoms. The van der Waals surface area contributed by atoms with Crippen molar-refractivity contribution in [1.82, 2.24) is 10.2 Å². The van der Waals surface area contributed by atoms with Crippen LogP contribution in [0.1, 0.15) is 52.5 Å². The molecule has 0 saturated heterocycles. The summed E-state index contributed by atoms with van der Waals surface area (Å²) in [6, 6.07) is 13.7. The van der Waals surface area contributed by atoms with Crippen LogP contribution in [0.2, 0.25) is 10.0 Å². The van der Waals surface area contributed by atoms with Gasteiger partial charge < -0.3 is 10.2 Å². The van der Waals surface area contributed by atoms with Crippen LogP contribution in [0.4, 0.5) is 5.69 Å². The maximum Gasteiger partial charge on any atom is 0.243 e. The van der Waals surface area contributed by atoms with Gasteiger partial charge in [-0.1, -0.05) is 60.5 Å². The lowest BCUT2D eigenvalue weighted by Gasteiger charge is -2.33. The Morgan fingerprint density at radius 1 is 1.03 bits per heavy atom. The highest BCUT2D eigenvalue weighted by atomic mass is 35.5. The van der Waals surface area contributed by atoms with E-state index in [9.17, 15) is 18.0 Å². The number of rotatable bonds is 12. The van der Waals surface area contributed by atoms with Gasteiger partial charge in [-0.05, 0) is 63.8 Å². The average Bonchev–Trinajstić information content (AvgIpc) is 2.79. The van der Waals surface area contributed by atoms with Gasteiger partial charge in [0.05, 0.1) is 17.0 Å². The van der Waals surface area contributed by atoms with Gasteiger partial charge in [-0.25, -0.2) is 8.42 Å². The first-order valence-corrected chi connectivity index (χ1v) is 14.9. The number of carbonyl (C=O) groups is 2. The number of nitrogens with one attached hydrogen (secondary N) is 1. The van der Waals surface area contributed by atoms with Crippen molar-refractivity contribution < 1.29 is 18.0 Å². The SMILES string of the molecule is CC[C@@H](C(=O)NC(C)(C)C)N(CCc1ccccc1)C(=O)CCCN(c1cc(Cl)ccc1Cl)S(C)(=O)=O. The van der Waals surface area contributed by atoms with E-state index in [0.29, 0.717) is 24.4 Å². The summed E-state index contributed by atoms with van der Waals surface area (Å²) in [5, 5.41) is 3.58. The third kappa shape index (κ3) is 9.83. The third-order valence-electron chi connectivity index (χ3n) is 5.70. The Labute approximate surface area is 231 Å². The molecule has 0 aromatic heterocycles. The molecule has 2 amide bonds. The summed E-state index contributed by atoms with van der Waals surface area (Å²) in [4.78, 5) is 28.2. The number of hydrogen-bond donors (Lipinski definition) is 1. The van der Waals surface area contributed by atoms with E-state index in [4.69, 9.17) is 23.2 Å². The van der Waals surface area contributed by atoms with Gasteiger partial charge in [-0.2, -0.15) is 0 Å². The maximum atomic E-state index is 13.5. The van der Waals surface area contributed by atoms with E-state index in [0.717, 1.165) is 16.1 Å². The quantitative estimate of drug-likeness (QED) is 0.375. The number of hydrogen-bond acceptors (Lipinski definition) is 4. The third-order valence-corrected chi connectivity index (χ3v) is 7.43. The zero-order valence-electron chi connectivity index (χ0n) is 22.1. The second kappa shape index (κ2) is 13.5. The van der Waals surface area contributed by atoms with Crippen molar-refractivity contribution in [1.29, 1.82) is 0 Å². The molecule has 204 valence electrons. The summed E-state index contributed by atoms with van der Waals surface area (Å²) >= 11 is 12.3. The molecule has 1 atom stereocenters. The Hall–Kier alpha value is -2.29. The topological polar surface area (TPSA) is 86.8 Å². The lowest BCUT2D eigenvalue weighted by atomic mass is 10.0. The van der Waals surface area contributed by atoms with E-state index in [1.807, 2.05) is 58.0 Å². The molecule has 0 saturated carbocycles. The first-order valence-electron chi connectivity index (χ1n) is 12.3. The van der Waals surface area contributed by atoms with Crippen LogP contribution in [0, 0.1) is 0 Å². The minimum atomic E-state index is -3.68. The lowest BCUT2D eigenvalue weighted by molar-refractivity contribution is -0.141. The number of benzene rings is 2. The lowest BCUT2D eigenvalue weighted by Crippen LogP contribution is -2.54. The molecule has 37 heavy (non-hydrogen) atoms. The van der Waals surface area contributed by atoms with E-state index in [-0.39, 0.29) is 41.9 Å². The first kappa shape index (κ1) is 30.9. The first-order chi connectivity index (χ1) is 17.2. The fraction of sp³-hybridized carbons (Fsp3) is 0.481. The number of anilines is 1. The second-order valence-corrected chi connectivity index (χ2v) is 12.8. The van der Waals surface area contributed by atoms with E-state index in [2.05, 4.69) is 5.32 Å². The monoisotopic (exact) mass is 569 g/mol. The second-order valence-electron chi connectivity index (χ2n) is 10.0. The molecule has 2 aromatic rings. The van der Waals surface area contributed by atoms with Gasteiger partial charge in [0, 0.05) is 30.1 Å². The fourth-order valence-electron chi connectivity index (χ4n) is 4.01. The summed E-state index contributed by atoms with van der Waals surface area (Å²) in [5.41, 5.74) is 0.886. The Morgan fingerprint density at radius 2 is 1.68 bits per heavy atom. The molecular weight excluding hydrogens is 533 g/mol. The number of sulfonamides is 1. The predicted molar refractivity (Wildman–Crippen MR) is 152 cm³/mol. The van der Waals surface area contributed by atoms with Gasteiger partial charge in [0.2, 0.25) is 21.8 Å². The average molecular weight is 571 g/mol. The van der Waals surface area contributed by atoms with E-state index in [1.54, 1.807) is 11.0 Å². The summed E-state index contributed by atoms with van der Waals surface area (Å²) in [7, 11) is -3.68. The van der Waals surface area contributed by atoms with Crippen LogP contribution in [-0.4, -0.2) is 56.1 Å². The molecule has 1 N–H and O–H groups in total. The minimum Gasteiger partial charge on any atom is -0.350 e. The van der Waals surface area contributed by atoms with Gasteiger partial charge in [0.1, 0.15) is 6.04 Å². The largest absolute Gasteiger partial charge is 0.350 e. The van der Waals surface area contributed by atoms with Crippen molar-refractivity contribution in [3.8, 4) is 0 Å². The number of amides is 2. The molecule has 2 aromatic carbocycles. The predicted octanol–water partition coefficient (Wildman–Crippen LogP) is 5.30. The summed E-state index contributed by atoms with van der Waals surface area (Å²) in [5.74, 6) is -0.419. The molecule has 0 fully saturated rings. The van der Waals surface area contributed by atoms with Gasteiger partial charge >= 0.3 is 0 Å². The van der Waals surface area contributed by atoms with Crippen LogP contribution in [0.15, 0.2) is 48.5 Å². The zero-order valence-corrected chi connectivity index (χ0v) is 24.5. The van der Waals surface area contributed by atoms with Gasteiger partial charge in [0.25, 0.3) is 0 Å². The molecule has 0 spiro atoms. The van der Waals surface area contributed by atoms with E-state index < -0.39 is 21.6 Å². The van der Waals surface area contributed by atoms with Gasteiger partial charge in [-0.3, -0.25) is 13.9 Å². The van der Waals surface area contributed by atoms with E-state index in [1.165, 1.54) is 12.1 Å². The Balaban J connectivity index is 2.21. The molecule has 0 radical (unpaired) electrons. The van der Waals surface area contributed by atoms with Crippen LogP contribution in [-0.2, 0) is 26.0 Å². The number of nitrogens with zero attached hydrogens (tertiary/aromatic N) is 2. The Bertz CT molecular complexity index is 1170. The van der Waals surface area contributed by atoms with Crippen LogP contribution in [0.3, 0.4) is 0 Å². The molecule has 2 rings (SSSR count).